The Morgan fingerprint density at radius 1 is 1.75 bits per heavy atom. The monoisotopic (exact) mass is 168 g/mol. The van der Waals surface area contributed by atoms with Crippen molar-refractivity contribution in [2.45, 2.75) is 32.2 Å². The molecule has 0 fully saturated rings. The summed E-state index contributed by atoms with van der Waals surface area (Å²) in [5.74, 6) is 2.41. The van der Waals surface area contributed by atoms with Gasteiger partial charge in [0.05, 0.1) is 6.04 Å². The number of rotatable bonds is 5. The van der Waals surface area contributed by atoms with E-state index in [-0.39, 0.29) is 11.9 Å². The number of hydrogen-bond acceptors (Lipinski definition) is 2. The van der Waals surface area contributed by atoms with Gasteiger partial charge >= 0.3 is 0 Å². The van der Waals surface area contributed by atoms with Crippen LogP contribution in [0, 0.1) is 12.3 Å². The van der Waals surface area contributed by atoms with E-state index in [2.05, 4.69) is 11.2 Å². The molecule has 0 saturated heterocycles. The second-order valence-electron chi connectivity index (χ2n) is 2.61. The lowest BCUT2D eigenvalue weighted by molar-refractivity contribution is -0.122. The molecular weight excluding hydrogens is 152 g/mol. The molecule has 1 amide bonds. The summed E-state index contributed by atoms with van der Waals surface area (Å²) >= 11 is 0. The van der Waals surface area contributed by atoms with Crippen molar-refractivity contribution in [2.24, 2.45) is 5.73 Å². The average molecular weight is 168 g/mol. The molecule has 0 unspecified atom stereocenters. The third kappa shape index (κ3) is 4.75. The second-order valence-corrected chi connectivity index (χ2v) is 2.61. The van der Waals surface area contributed by atoms with Gasteiger partial charge in [0, 0.05) is 13.0 Å². The minimum Gasteiger partial charge on any atom is -0.355 e. The van der Waals surface area contributed by atoms with Crippen LogP contribution in [0.4, 0.5) is 0 Å². The van der Waals surface area contributed by atoms with Gasteiger partial charge in [-0.3, -0.25) is 4.79 Å². The predicted octanol–water partition coefficient (Wildman–Crippen LogP) is 0.253. The SMILES string of the molecule is C#CCCCNC(=O)[C@H](N)CC. The normalized spacial score (nSPS) is 11.8. The number of carbonyl (C=O) groups excluding carboxylic acids is 1. The van der Waals surface area contributed by atoms with Crippen LogP contribution in [-0.2, 0) is 4.79 Å². The fourth-order valence-corrected chi connectivity index (χ4v) is 0.719. The van der Waals surface area contributed by atoms with Crippen LogP contribution >= 0.6 is 0 Å². The van der Waals surface area contributed by atoms with Crippen molar-refractivity contribution in [2.75, 3.05) is 6.54 Å². The molecule has 0 heterocycles. The molecule has 12 heavy (non-hydrogen) atoms. The average Bonchev–Trinajstić information content (AvgIpc) is 2.10. The summed E-state index contributed by atoms with van der Waals surface area (Å²) in [7, 11) is 0. The lowest BCUT2D eigenvalue weighted by Crippen LogP contribution is -2.40. The molecule has 3 nitrogen and oxygen atoms in total. The van der Waals surface area contributed by atoms with Gasteiger partial charge in [-0.15, -0.1) is 12.3 Å². The topological polar surface area (TPSA) is 55.1 Å². The zero-order chi connectivity index (χ0) is 9.40. The van der Waals surface area contributed by atoms with E-state index in [1.807, 2.05) is 6.92 Å². The quantitative estimate of drug-likeness (QED) is 0.457. The van der Waals surface area contributed by atoms with E-state index in [0.717, 1.165) is 6.42 Å². The van der Waals surface area contributed by atoms with Gasteiger partial charge in [-0.25, -0.2) is 0 Å². The number of amides is 1. The van der Waals surface area contributed by atoms with E-state index >= 15 is 0 Å². The molecule has 0 aromatic carbocycles. The van der Waals surface area contributed by atoms with Crippen LogP contribution in [0.3, 0.4) is 0 Å². The molecule has 0 aromatic heterocycles. The molecule has 0 rings (SSSR count). The van der Waals surface area contributed by atoms with Gasteiger partial charge in [0.25, 0.3) is 0 Å². The first-order valence-electron chi connectivity index (χ1n) is 4.19. The molecule has 3 N–H and O–H groups in total. The molecule has 0 spiro atoms. The van der Waals surface area contributed by atoms with Gasteiger partial charge in [0.1, 0.15) is 0 Å². The summed E-state index contributed by atoms with van der Waals surface area (Å²) in [4.78, 5) is 11.0. The van der Waals surface area contributed by atoms with E-state index in [4.69, 9.17) is 12.2 Å². The number of terminal acetylenes is 1. The maximum absolute atomic E-state index is 11.0. The van der Waals surface area contributed by atoms with E-state index in [1.54, 1.807) is 0 Å². The highest BCUT2D eigenvalue weighted by Gasteiger charge is 2.08. The highest BCUT2D eigenvalue weighted by atomic mass is 16.2. The summed E-state index contributed by atoms with van der Waals surface area (Å²) in [6.07, 6.45) is 7.23. The minimum absolute atomic E-state index is 0.0884. The first-order chi connectivity index (χ1) is 5.72. The Bertz CT molecular complexity index is 172. The van der Waals surface area contributed by atoms with Crippen LogP contribution in [0.15, 0.2) is 0 Å². The first kappa shape index (κ1) is 11.0. The smallest absolute Gasteiger partial charge is 0.236 e. The standard InChI is InChI=1S/C9H16N2O/c1-3-5-6-7-11-9(12)8(10)4-2/h1,8H,4-7,10H2,2H3,(H,11,12)/t8-/m1/s1. The molecule has 0 aliphatic heterocycles. The molecule has 68 valence electrons. The van der Waals surface area contributed by atoms with E-state index in [1.165, 1.54) is 0 Å². The van der Waals surface area contributed by atoms with E-state index < -0.39 is 0 Å². The summed E-state index contributed by atoms with van der Waals surface area (Å²) in [6.45, 7) is 2.50. The van der Waals surface area contributed by atoms with Crippen molar-refractivity contribution < 1.29 is 4.79 Å². The largest absolute Gasteiger partial charge is 0.355 e. The number of nitrogens with two attached hydrogens (primary N) is 1. The van der Waals surface area contributed by atoms with Crippen LogP contribution in [0.5, 0.6) is 0 Å². The van der Waals surface area contributed by atoms with Gasteiger partial charge in [-0.05, 0) is 12.8 Å². The van der Waals surface area contributed by atoms with Crippen LogP contribution < -0.4 is 11.1 Å². The lowest BCUT2D eigenvalue weighted by Gasteiger charge is -2.08. The van der Waals surface area contributed by atoms with Gasteiger partial charge in [-0.1, -0.05) is 6.92 Å². The Hall–Kier alpha value is -1.01. The predicted molar refractivity (Wildman–Crippen MR) is 49.3 cm³/mol. The van der Waals surface area contributed by atoms with E-state index in [0.29, 0.717) is 19.4 Å². The molecule has 0 aliphatic carbocycles. The highest BCUT2D eigenvalue weighted by molar-refractivity contribution is 5.81. The number of carbonyl (C=O) groups is 1. The van der Waals surface area contributed by atoms with Crippen LogP contribution in [0.1, 0.15) is 26.2 Å². The Balaban J connectivity index is 3.39. The fraction of sp³-hybridized carbons (Fsp3) is 0.667. The van der Waals surface area contributed by atoms with Gasteiger partial charge < -0.3 is 11.1 Å². The fourth-order valence-electron chi connectivity index (χ4n) is 0.719. The van der Waals surface area contributed by atoms with Crippen molar-refractivity contribution in [3.05, 3.63) is 0 Å². The number of nitrogens with one attached hydrogen (secondary N) is 1. The molecule has 0 bridgehead atoms. The van der Waals surface area contributed by atoms with Crippen molar-refractivity contribution in [1.82, 2.24) is 5.32 Å². The Morgan fingerprint density at radius 3 is 2.92 bits per heavy atom. The number of unbranched alkanes of at least 4 members (excludes halogenated alkanes) is 1. The van der Waals surface area contributed by atoms with E-state index in [9.17, 15) is 4.79 Å². The van der Waals surface area contributed by atoms with Crippen molar-refractivity contribution in [3.8, 4) is 12.3 Å². The Morgan fingerprint density at radius 2 is 2.42 bits per heavy atom. The molecule has 1 atom stereocenters. The van der Waals surface area contributed by atoms with Crippen LogP contribution in [-0.4, -0.2) is 18.5 Å². The molecular formula is C9H16N2O. The van der Waals surface area contributed by atoms with Gasteiger partial charge in [0.15, 0.2) is 0 Å². The summed E-state index contributed by atoms with van der Waals surface area (Å²) in [5, 5.41) is 2.71. The molecule has 3 heteroatoms. The molecule has 0 aromatic rings. The molecule has 0 aliphatic rings. The second kappa shape index (κ2) is 6.68. The summed E-state index contributed by atoms with van der Waals surface area (Å²) in [5.41, 5.74) is 5.48. The Kier molecular flexibility index (Phi) is 6.12. The minimum atomic E-state index is -0.379. The highest BCUT2D eigenvalue weighted by Crippen LogP contribution is 1.87. The van der Waals surface area contributed by atoms with Gasteiger partial charge in [-0.2, -0.15) is 0 Å². The third-order valence-corrected chi connectivity index (χ3v) is 1.57. The summed E-state index contributed by atoms with van der Waals surface area (Å²) in [6, 6.07) is -0.379. The lowest BCUT2D eigenvalue weighted by atomic mass is 10.2. The first-order valence-corrected chi connectivity index (χ1v) is 4.19. The zero-order valence-electron chi connectivity index (χ0n) is 7.47. The maximum Gasteiger partial charge on any atom is 0.236 e. The Labute approximate surface area is 73.7 Å². The van der Waals surface area contributed by atoms with Crippen molar-refractivity contribution in [1.29, 1.82) is 0 Å². The molecule has 0 saturated carbocycles. The van der Waals surface area contributed by atoms with Crippen LogP contribution in [0.2, 0.25) is 0 Å². The number of hydrogen-bond donors (Lipinski definition) is 2. The molecule has 0 radical (unpaired) electrons. The van der Waals surface area contributed by atoms with Crippen molar-refractivity contribution in [3.63, 3.8) is 0 Å². The van der Waals surface area contributed by atoms with Crippen molar-refractivity contribution >= 4 is 5.91 Å². The van der Waals surface area contributed by atoms with Gasteiger partial charge in [0.2, 0.25) is 5.91 Å². The maximum atomic E-state index is 11.0. The third-order valence-electron chi connectivity index (χ3n) is 1.57. The summed E-state index contributed by atoms with van der Waals surface area (Å²) < 4.78 is 0. The van der Waals surface area contributed by atoms with Crippen LogP contribution in [0.25, 0.3) is 0 Å². The zero-order valence-corrected chi connectivity index (χ0v) is 7.47.